The smallest absolute Gasteiger partial charge is 0.119 e. The normalized spacial score (nSPS) is 14.8. The van der Waals surface area contributed by atoms with E-state index < -0.39 is 16.1 Å². The minimum absolute atomic E-state index is 0.866. The highest BCUT2D eigenvalue weighted by Gasteiger charge is 2.45. The Morgan fingerprint density at radius 3 is 1.06 bits per heavy atom. The highest BCUT2D eigenvalue weighted by atomic mass is 28.3. The average Bonchev–Trinajstić information content (AvgIpc) is 4.43. The van der Waals surface area contributed by atoms with E-state index >= 15 is 0 Å². The molecule has 4 nitrogen and oxygen atoms in total. The Balaban J connectivity index is 0.000000146. The van der Waals surface area contributed by atoms with Crippen LogP contribution in [0.5, 0.6) is 0 Å². The zero-order valence-electron chi connectivity index (χ0n) is 45.9. The van der Waals surface area contributed by atoms with E-state index in [9.17, 15) is 0 Å². The lowest BCUT2D eigenvalue weighted by Gasteiger charge is -2.25. The van der Waals surface area contributed by atoms with E-state index in [0.717, 1.165) is 47.0 Å². The van der Waals surface area contributed by atoms with E-state index in [4.69, 9.17) is 9.97 Å². The van der Waals surface area contributed by atoms with Crippen LogP contribution in [0, 0.1) is 0 Å². The van der Waals surface area contributed by atoms with Crippen LogP contribution in [0.15, 0.2) is 279 Å². The molecule has 10 aromatic rings. The van der Waals surface area contributed by atoms with Gasteiger partial charge in [-0.1, -0.05) is 256 Å². The molecule has 2 aliphatic carbocycles. The maximum absolute atomic E-state index is 5.28. The molecule has 0 fully saturated rings. The van der Waals surface area contributed by atoms with Crippen LogP contribution in [-0.2, 0) is 12.8 Å². The van der Waals surface area contributed by atoms with Crippen molar-refractivity contribution < 1.29 is 0 Å². The number of rotatable bonds is 8. The second kappa shape index (κ2) is 24.2. The maximum Gasteiger partial charge on any atom is 0.119 e. The van der Waals surface area contributed by atoms with Crippen LogP contribution in [-0.4, -0.2) is 36.1 Å². The first kappa shape index (κ1) is 52.8. The van der Waals surface area contributed by atoms with Crippen molar-refractivity contribution in [3.05, 3.63) is 334 Å². The molecular weight excluding hydrogens is 1000 g/mol. The monoisotopic (exact) mass is 1060 g/mol. The Bertz CT molecular complexity index is 3700. The molecule has 80 heavy (non-hydrogen) atoms. The highest BCUT2D eigenvalue weighted by molar-refractivity contribution is 7.13. The van der Waals surface area contributed by atoms with Crippen LogP contribution in [0.2, 0.25) is 26.2 Å². The SMILES string of the molecule is C(=C\c1ccccc1)/c1ccccc1.C[Si]1(C)C(c2cccc(-c3ccccn3)n2)=C(c2ccccc2)C(c2ccccc2)=C1c1cccc(-c2ccccn2)n1.C[Si]1(C)C=CC=C1.c1ccc2c(c1)CC1=C2Cc2ccccc21. The van der Waals surface area contributed by atoms with E-state index in [1.165, 1.54) is 66.0 Å². The summed E-state index contributed by atoms with van der Waals surface area (Å²) in [6, 6.07) is 84.3. The molecule has 2 aliphatic heterocycles. The molecule has 4 aromatic heterocycles. The molecule has 0 bridgehead atoms. The summed E-state index contributed by atoms with van der Waals surface area (Å²) in [5.41, 5.74) is 26.5. The number of fused-ring (bicyclic) bond motifs is 4. The largest absolute Gasteiger partial charge is 0.255 e. The molecule has 0 amide bonds. The fourth-order valence-electron chi connectivity index (χ4n) is 11.2. The predicted molar refractivity (Wildman–Crippen MR) is 344 cm³/mol. The molecule has 6 heterocycles. The van der Waals surface area contributed by atoms with Gasteiger partial charge >= 0.3 is 0 Å². The molecule has 6 heteroatoms. The van der Waals surface area contributed by atoms with Gasteiger partial charge in [0, 0.05) is 12.4 Å². The van der Waals surface area contributed by atoms with Gasteiger partial charge in [-0.05, 0) is 139 Å². The number of benzene rings is 6. The predicted octanol–water partition coefficient (Wildman–Crippen LogP) is 18.4. The zero-order chi connectivity index (χ0) is 54.7. The fraction of sp³-hybridized carbons (Fsp3) is 0.0811. The molecule has 0 saturated heterocycles. The minimum Gasteiger partial charge on any atom is -0.255 e. The molecule has 4 aliphatic rings. The Morgan fingerprint density at radius 2 is 0.688 bits per heavy atom. The van der Waals surface area contributed by atoms with Crippen molar-refractivity contribution in [1.82, 2.24) is 19.9 Å². The third kappa shape index (κ3) is 11.9. The van der Waals surface area contributed by atoms with Crippen LogP contribution < -0.4 is 0 Å². The van der Waals surface area contributed by atoms with Crippen LogP contribution in [0.1, 0.15) is 55.9 Å². The number of allylic oxidation sites excluding steroid dienone is 6. The number of aromatic nitrogens is 4. The van der Waals surface area contributed by atoms with Crippen molar-refractivity contribution >= 4 is 61.0 Å². The van der Waals surface area contributed by atoms with Crippen molar-refractivity contribution in [2.75, 3.05) is 0 Å². The summed E-state index contributed by atoms with van der Waals surface area (Å²) in [7, 11) is -3.33. The van der Waals surface area contributed by atoms with E-state index in [2.05, 4.69) is 230 Å². The van der Waals surface area contributed by atoms with E-state index in [1.807, 2.05) is 97.3 Å². The van der Waals surface area contributed by atoms with Gasteiger partial charge in [-0.15, -0.1) is 0 Å². The quantitative estimate of drug-likeness (QED) is 0.112. The van der Waals surface area contributed by atoms with Gasteiger partial charge in [0.15, 0.2) is 0 Å². The van der Waals surface area contributed by atoms with E-state index in [-0.39, 0.29) is 0 Å². The van der Waals surface area contributed by atoms with E-state index in [1.54, 1.807) is 11.1 Å². The Hall–Kier alpha value is -9.21. The van der Waals surface area contributed by atoms with Gasteiger partial charge in [-0.25, -0.2) is 9.97 Å². The van der Waals surface area contributed by atoms with Gasteiger partial charge in [0.1, 0.15) is 8.07 Å². The van der Waals surface area contributed by atoms with Crippen molar-refractivity contribution in [1.29, 1.82) is 0 Å². The van der Waals surface area contributed by atoms with Gasteiger partial charge in [-0.2, -0.15) is 0 Å². The summed E-state index contributed by atoms with van der Waals surface area (Å²) >= 11 is 0. The first-order valence-corrected chi connectivity index (χ1v) is 33.8. The van der Waals surface area contributed by atoms with Crippen LogP contribution >= 0.6 is 0 Å². The Kier molecular flexibility index (Phi) is 16.0. The Labute approximate surface area is 474 Å². The summed E-state index contributed by atoms with van der Waals surface area (Å²) in [6.45, 7) is 9.52. The Morgan fingerprint density at radius 1 is 0.338 bits per heavy atom. The summed E-state index contributed by atoms with van der Waals surface area (Å²) in [5.74, 6) is 0. The van der Waals surface area contributed by atoms with Gasteiger partial charge < -0.3 is 0 Å². The van der Waals surface area contributed by atoms with Gasteiger partial charge in [0.05, 0.1) is 42.2 Å². The molecule has 6 aromatic carbocycles. The molecule has 0 unspecified atom stereocenters. The summed E-state index contributed by atoms with van der Waals surface area (Å²) < 4.78 is 0. The lowest BCUT2D eigenvalue weighted by molar-refractivity contribution is 1.22. The number of hydrogen-bond acceptors (Lipinski definition) is 4. The summed E-state index contributed by atoms with van der Waals surface area (Å²) in [5, 5.41) is 2.60. The lowest BCUT2D eigenvalue weighted by Crippen LogP contribution is -2.29. The van der Waals surface area contributed by atoms with Gasteiger partial charge in [-0.3, -0.25) is 9.97 Å². The van der Waals surface area contributed by atoms with Crippen molar-refractivity contribution in [3.63, 3.8) is 0 Å². The first-order chi connectivity index (χ1) is 39.2. The highest BCUT2D eigenvalue weighted by Crippen LogP contribution is 2.55. The van der Waals surface area contributed by atoms with Crippen LogP contribution in [0.4, 0.5) is 0 Å². The summed E-state index contributed by atoms with van der Waals surface area (Å²) in [6.07, 6.45) is 14.4. The average molecular weight is 1070 g/mol. The molecule has 0 saturated carbocycles. The van der Waals surface area contributed by atoms with Crippen molar-refractivity contribution in [2.45, 2.75) is 39.0 Å². The van der Waals surface area contributed by atoms with Crippen LogP contribution in [0.25, 0.3) is 67.6 Å². The molecule has 0 N–H and O–H groups in total. The summed E-state index contributed by atoms with van der Waals surface area (Å²) in [4.78, 5) is 19.8. The third-order valence-corrected chi connectivity index (χ3v) is 20.6. The minimum atomic E-state index is -2.43. The van der Waals surface area contributed by atoms with Crippen molar-refractivity contribution in [3.8, 4) is 22.8 Å². The standard InChI is InChI=1S/C38H30N4Si.C16H12.C14H12.C6H10Si/c1-43(2)37(33-23-13-21-31(41-33)29-19-9-11-25-39-29)35(27-15-5-3-6-16-27)36(28-17-7-4-8-18-28)38(43)34-24-14-22-32(42-34)30-20-10-12-26-40-30;1-3-7-13-11(5-1)9-15-14-8-4-2-6-12(14)10-16(13)15;1-3-7-13(8-4-1)11-12-14-9-5-2-6-10-14;1-7(2)5-3-4-6-7/h3-26H,1-2H3;1-8H,9-10H2;1-12H;3-6H,1-2H3/b;;12-11+;. The van der Waals surface area contributed by atoms with E-state index in [0.29, 0.717) is 0 Å². The third-order valence-electron chi connectivity index (χ3n) is 15.0. The zero-order valence-corrected chi connectivity index (χ0v) is 47.9. The molecular formula is C74H64N4Si2. The molecule has 0 spiro atoms. The topological polar surface area (TPSA) is 51.6 Å². The molecule has 388 valence electrons. The fourth-order valence-corrected chi connectivity index (χ4v) is 16.1. The van der Waals surface area contributed by atoms with Gasteiger partial charge in [0.2, 0.25) is 0 Å². The number of pyridine rings is 4. The molecule has 0 atom stereocenters. The van der Waals surface area contributed by atoms with Crippen molar-refractivity contribution in [2.24, 2.45) is 0 Å². The number of nitrogens with zero attached hydrogens (tertiary/aromatic N) is 4. The van der Waals surface area contributed by atoms with Crippen LogP contribution in [0.3, 0.4) is 0 Å². The lowest BCUT2D eigenvalue weighted by atomic mass is 9.90. The second-order valence-electron chi connectivity index (χ2n) is 21.4. The second-order valence-corrected chi connectivity index (χ2v) is 30.0. The van der Waals surface area contributed by atoms with Gasteiger partial charge in [0.25, 0.3) is 0 Å². The first-order valence-electron chi connectivity index (χ1n) is 27.6. The molecule has 0 radical (unpaired) electrons. The molecule has 14 rings (SSSR count). The number of hydrogen-bond donors (Lipinski definition) is 0. The maximum atomic E-state index is 5.28.